The van der Waals surface area contributed by atoms with E-state index in [4.69, 9.17) is 0 Å². The molecular formula is C4H3F3NO2-. The van der Waals surface area contributed by atoms with E-state index in [0.29, 0.717) is 0 Å². The molecule has 6 heteroatoms. The van der Waals surface area contributed by atoms with Crippen LogP contribution in [-0.2, 0) is 4.79 Å². The number of alkyl halides is 3. The standard InChI is InChI=1S/C4H4F3NO2/c5-4(6,7)1-2(8)3(9)10/h1H,8H2,(H,9,10)/p-1. The zero-order valence-corrected chi connectivity index (χ0v) is 4.61. The molecule has 0 aliphatic heterocycles. The third-order valence-electron chi connectivity index (χ3n) is 0.555. The van der Waals surface area contributed by atoms with Crippen LogP contribution in [0.15, 0.2) is 11.8 Å². The molecule has 0 saturated carbocycles. The highest BCUT2D eigenvalue weighted by Gasteiger charge is 2.23. The SMILES string of the molecule is NC(=CC(F)(F)F)C(=O)[O-]. The maximum Gasteiger partial charge on any atom is 0.411 e. The van der Waals surface area contributed by atoms with Crippen LogP contribution in [0.1, 0.15) is 0 Å². The molecule has 0 atom stereocenters. The molecular weight excluding hydrogens is 151 g/mol. The lowest BCUT2D eigenvalue weighted by Crippen LogP contribution is -2.30. The maximum absolute atomic E-state index is 11.2. The average Bonchev–Trinajstić information content (AvgIpc) is 1.60. The van der Waals surface area contributed by atoms with E-state index in [-0.39, 0.29) is 0 Å². The number of carboxylic acids is 1. The number of nitrogens with two attached hydrogens (primary N) is 1. The second kappa shape index (κ2) is 2.59. The summed E-state index contributed by atoms with van der Waals surface area (Å²) >= 11 is 0. The van der Waals surface area contributed by atoms with Crippen LogP contribution in [0.4, 0.5) is 13.2 Å². The number of aliphatic carboxylic acids is 1. The van der Waals surface area contributed by atoms with E-state index in [1.54, 1.807) is 0 Å². The van der Waals surface area contributed by atoms with Gasteiger partial charge in [0.05, 0.1) is 11.7 Å². The monoisotopic (exact) mass is 154 g/mol. The number of carbonyl (C=O) groups is 1. The lowest BCUT2D eigenvalue weighted by Gasteiger charge is -2.03. The summed E-state index contributed by atoms with van der Waals surface area (Å²) in [5, 5.41) is 9.57. The minimum atomic E-state index is -4.70. The molecule has 0 aliphatic carbocycles. The van der Waals surface area contributed by atoms with E-state index >= 15 is 0 Å². The van der Waals surface area contributed by atoms with Crippen molar-refractivity contribution in [3.05, 3.63) is 11.8 Å². The topological polar surface area (TPSA) is 66.2 Å². The van der Waals surface area contributed by atoms with Gasteiger partial charge < -0.3 is 15.6 Å². The molecule has 0 unspecified atom stereocenters. The van der Waals surface area contributed by atoms with Crippen molar-refractivity contribution in [2.75, 3.05) is 0 Å². The van der Waals surface area contributed by atoms with Crippen LogP contribution in [0.3, 0.4) is 0 Å². The maximum atomic E-state index is 11.2. The molecule has 0 aromatic heterocycles. The minimum absolute atomic E-state index is 0.539. The zero-order valence-electron chi connectivity index (χ0n) is 4.61. The molecule has 0 rings (SSSR count). The van der Waals surface area contributed by atoms with Gasteiger partial charge in [-0.15, -0.1) is 0 Å². The second-order valence-corrected chi connectivity index (χ2v) is 1.43. The second-order valence-electron chi connectivity index (χ2n) is 1.43. The molecule has 0 aromatic carbocycles. The predicted octanol–water partition coefficient (Wildman–Crippen LogP) is -0.859. The van der Waals surface area contributed by atoms with Crippen LogP contribution >= 0.6 is 0 Å². The molecule has 0 radical (unpaired) electrons. The van der Waals surface area contributed by atoms with Crippen LogP contribution in [-0.4, -0.2) is 12.1 Å². The van der Waals surface area contributed by atoms with Crippen molar-refractivity contribution >= 4 is 5.97 Å². The van der Waals surface area contributed by atoms with Gasteiger partial charge in [-0.1, -0.05) is 0 Å². The Morgan fingerprint density at radius 1 is 1.50 bits per heavy atom. The van der Waals surface area contributed by atoms with Gasteiger partial charge in [-0.25, -0.2) is 0 Å². The van der Waals surface area contributed by atoms with Crippen molar-refractivity contribution in [2.45, 2.75) is 6.18 Å². The Bertz CT molecular complexity index is 172. The van der Waals surface area contributed by atoms with E-state index in [2.05, 4.69) is 5.73 Å². The first-order valence-electron chi connectivity index (χ1n) is 2.09. The molecule has 0 saturated heterocycles. The quantitative estimate of drug-likeness (QED) is 0.500. The van der Waals surface area contributed by atoms with Gasteiger partial charge in [-0.3, -0.25) is 0 Å². The predicted molar refractivity (Wildman–Crippen MR) is 23.3 cm³/mol. The van der Waals surface area contributed by atoms with Crippen molar-refractivity contribution in [1.82, 2.24) is 0 Å². The summed E-state index contributed by atoms with van der Waals surface area (Å²) in [7, 11) is 0. The van der Waals surface area contributed by atoms with Crippen molar-refractivity contribution < 1.29 is 23.1 Å². The summed E-state index contributed by atoms with van der Waals surface area (Å²) in [5.74, 6) is -2.03. The molecule has 0 bridgehead atoms. The number of allylic oxidation sites excluding steroid dienone is 1. The first-order valence-corrected chi connectivity index (χ1v) is 2.09. The summed E-state index contributed by atoms with van der Waals surface area (Å²) in [6.07, 6.45) is -5.24. The smallest absolute Gasteiger partial charge is 0.411 e. The average molecular weight is 154 g/mol. The van der Waals surface area contributed by atoms with E-state index in [9.17, 15) is 23.1 Å². The van der Waals surface area contributed by atoms with Gasteiger partial charge in [-0.05, 0) is 0 Å². The van der Waals surface area contributed by atoms with Crippen LogP contribution in [0.25, 0.3) is 0 Å². The number of hydrogen-bond donors (Lipinski definition) is 1. The third kappa shape index (κ3) is 3.76. The van der Waals surface area contributed by atoms with Gasteiger partial charge in [0.2, 0.25) is 0 Å². The van der Waals surface area contributed by atoms with Gasteiger partial charge in [0.1, 0.15) is 0 Å². The molecule has 58 valence electrons. The van der Waals surface area contributed by atoms with E-state index in [1.807, 2.05) is 0 Å². The first kappa shape index (κ1) is 8.80. The Morgan fingerprint density at radius 2 is 1.90 bits per heavy atom. The van der Waals surface area contributed by atoms with Gasteiger partial charge in [0, 0.05) is 6.08 Å². The van der Waals surface area contributed by atoms with E-state index < -0.39 is 23.9 Å². The number of halogens is 3. The largest absolute Gasteiger partial charge is 0.543 e. The van der Waals surface area contributed by atoms with E-state index in [0.717, 1.165) is 0 Å². The fourth-order valence-electron chi connectivity index (χ4n) is 0.235. The Hall–Kier alpha value is -1.20. The highest BCUT2D eigenvalue weighted by atomic mass is 19.4. The van der Waals surface area contributed by atoms with Crippen molar-refractivity contribution in [1.29, 1.82) is 0 Å². The number of carbonyl (C=O) groups excluding carboxylic acids is 1. The summed E-state index contributed by atoms with van der Waals surface area (Å²) in [5.41, 5.74) is 3.06. The van der Waals surface area contributed by atoms with Gasteiger partial charge in [0.25, 0.3) is 0 Å². The third-order valence-corrected chi connectivity index (χ3v) is 0.555. The normalized spacial score (nSPS) is 13.3. The van der Waals surface area contributed by atoms with Crippen molar-refractivity contribution in [2.24, 2.45) is 5.73 Å². The van der Waals surface area contributed by atoms with Crippen LogP contribution < -0.4 is 10.8 Å². The number of carboxylic acid groups (broad SMARTS) is 1. The van der Waals surface area contributed by atoms with Crippen LogP contribution in [0.2, 0.25) is 0 Å². The number of hydrogen-bond acceptors (Lipinski definition) is 3. The zero-order chi connectivity index (χ0) is 8.36. The molecule has 2 N–H and O–H groups in total. The highest BCUT2D eigenvalue weighted by Crippen LogP contribution is 2.16. The lowest BCUT2D eigenvalue weighted by atomic mass is 10.4. The van der Waals surface area contributed by atoms with E-state index in [1.165, 1.54) is 0 Å². The van der Waals surface area contributed by atoms with Crippen LogP contribution in [0, 0.1) is 0 Å². The minimum Gasteiger partial charge on any atom is -0.543 e. The number of rotatable bonds is 1. The fraction of sp³-hybridized carbons (Fsp3) is 0.250. The molecule has 10 heavy (non-hydrogen) atoms. The molecule has 3 nitrogen and oxygen atoms in total. The molecule has 0 amide bonds. The Kier molecular flexibility index (Phi) is 2.28. The Morgan fingerprint density at radius 3 is 2.00 bits per heavy atom. The van der Waals surface area contributed by atoms with Gasteiger partial charge >= 0.3 is 6.18 Å². The molecule has 0 heterocycles. The summed E-state index contributed by atoms with van der Waals surface area (Å²) in [6, 6.07) is 0. The lowest BCUT2D eigenvalue weighted by molar-refractivity contribution is -0.299. The molecule has 0 aliphatic rings. The summed E-state index contributed by atoms with van der Waals surface area (Å²) in [6.45, 7) is 0. The molecule has 0 fully saturated rings. The Labute approximate surface area is 53.9 Å². The fourth-order valence-corrected chi connectivity index (χ4v) is 0.235. The van der Waals surface area contributed by atoms with Crippen molar-refractivity contribution in [3.63, 3.8) is 0 Å². The highest BCUT2D eigenvalue weighted by molar-refractivity contribution is 5.83. The van der Waals surface area contributed by atoms with Gasteiger partial charge in [0.15, 0.2) is 0 Å². The molecule has 0 spiro atoms. The molecule has 0 aromatic rings. The Balaban J connectivity index is 4.32. The summed E-state index contributed by atoms with van der Waals surface area (Å²) in [4.78, 5) is 9.57. The van der Waals surface area contributed by atoms with Crippen molar-refractivity contribution in [3.8, 4) is 0 Å². The summed E-state index contributed by atoms with van der Waals surface area (Å²) < 4.78 is 33.7. The van der Waals surface area contributed by atoms with Gasteiger partial charge in [-0.2, -0.15) is 13.2 Å². The van der Waals surface area contributed by atoms with Crippen LogP contribution in [0.5, 0.6) is 0 Å². The first-order chi connectivity index (χ1) is 4.33.